The van der Waals surface area contributed by atoms with E-state index in [4.69, 9.17) is 4.74 Å². The van der Waals surface area contributed by atoms with Crippen LogP contribution in [0.2, 0.25) is 0 Å². The lowest BCUT2D eigenvalue weighted by Gasteiger charge is -2.26. The summed E-state index contributed by atoms with van der Waals surface area (Å²) in [5.41, 5.74) is 1.90. The Hall–Kier alpha value is -2.18. The molecule has 1 aromatic heterocycles. The molecule has 6 nitrogen and oxygen atoms in total. The lowest BCUT2D eigenvalue weighted by atomic mass is 10.2. The molecule has 24 heavy (non-hydrogen) atoms. The number of hydrogen-bond donors (Lipinski definition) is 2. The Labute approximate surface area is 142 Å². The van der Waals surface area contributed by atoms with Crippen molar-refractivity contribution < 1.29 is 9.53 Å². The number of anilines is 1. The van der Waals surface area contributed by atoms with E-state index in [0.29, 0.717) is 19.5 Å². The van der Waals surface area contributed by atoms with E-state index >= 15 is 0 Å². The topological polar surface area (TPSA) is 66.5 Å². The first kappa shape index (κ1) is 16.7. The van der Waals surface area contributed by atoms with E-state index in [0.717, 1.165) is 49.4 Å². The van der Waals surface area contributed by atoms with Crippen molar-refractivity contribution in [2.24, 2.45) is 0 Å². The number of morpholine rings is 1. The van der Waals surface area contributed by atoms with Crippen molar-refractivity contribution in [2.45, 2.75) is 6.42 Å². The molecule has 1 aliphatic heterocycles. The third kappa shape index (κ3) is 4.66. The van der Waals surface area contributed by atoms with Gasteiger partial charge in [0.1, 0.15) is 0 Å². The lowest BCUT2D eigenvalue weighted by molar-refractivity contribution is -0.120. The van der Waals surface area contributed by atoms with Crippen molar-refractivity contribution >= 4 is 22.5 Å². The van der Waals surface area contributed by atoms with Gasteiger partial charge in [-0.3, -0.25) is 14.7 Å². The Morgan fingerprint density at radius 1 is 1.17 bits per heavy atom. The van der Waals surface area contributed by atoms with Gasteiger partial charge in [0.05, 0.1) is 24.4 Å². The third-order valence-electron chi connectivity index (χ3n) is 4.15. The fourth-order valence-corrected chi connectivity index (χ4v) is 2.82. The molecule has 0 saturated carbocycles. The summed E-state index contributed by atoms with van der Waals surface area (Å²) in [5.74, 6) is 0.0731. The van der Waals surface area contributed by atoms with Gasteiger partial charge in [0.15, 0.2) is 0 Å². The van der Waals surface area contributed by atoms with Gasteiger partial charge >= 0.3 is 0 Å². The summed E-state index contributed by atoms with van der Waals surface area (Å²) in [6.45, 7) is 5.65. The zero-order valence-corrected chi connectivity index (χ0v) is 13.8. The van der Waals surface area contributed by atoms with Crippen LogP contribution < -0.4 is 10.6 Å². The van der Waals surface area contributed by atoms with Crippen LogP contribution >= 0.6 is 0 Å². The molecule has 0 unspecified atom stereocenters. The zero-order chi connectivity index (χ0) is 16.6. The molecule has 2 N–H and O–H groups in total. The van der Waals surface area contributed by atoms with Gasteiger partial charge in [-0.25, -0.2) is 0 Å². The Balaban J connectivity index is 1.38. The van der Waals surface area contributed by atoms with Gasteiger partial charge in [-0.15, -0.1) is 0 Å². The van der Waals surface area contributed by atoms with Crippen LogP contribution in [-0.2, 0) is 9.53 Å². The monoisotopic (exact) mass is 328 g/mol. The summed E-state index contributed by atoms with van der Waals surface area (Å²) in [5, 5.41) is 7.38. The smallest absolute Gasteiger partial charge is 0.221 e. The molecule has 1 amide bonds. The van der Waals surface area contributed by atoms with E-state index in [-0.39, 0.29) is 5.91 Å². The minimum absolute atomic E-state index is 0.0731. The van der Waals surface area contributed by atoms with Gasteiger partial charge in [-0.1, -0.05) is 18.2 Å². The maximum Gasteiger partial charge on any atom is 0.221 e. The van der Waals surface area contributed by atoms with Crippen molar-refractivity contribution in [2.75, 3.05) is 51.3 Å². The molecule has 0 atom stereocenters. The van der Waals surface area contributed by atoms with Crippen molar-refractivity contribution in [1.82, 2.24) is 15.2 Å². The van der Waals surface area contributed by atoms with Crippen LogP contribution in [0.5, 0.6) is 0 Å². The number of aromatic nitrogens is 1. The molecule has 1 saturated heterocycles. The fourth-order valence-electron chi connectivity index (χ4n) is 2.82. The number of carbonyl (C=O) groups is 1. The SMILES string of the molecule is O=C(CCNc1cccc2cccnc12)NCCN1CCOCC1. The van der Waals surface area contributed by atoms with Crippen LogP contribution in [-0.4, -0.2) is 61.7 Å². The normalized spacial score (nSPS) is 15.3. The number of pyridine rings is 1. The first-order valence-corrected chi connectivity index (χ1v) is 8.47. The number of carbonyl (C=O) groups excluding carboxylic acids is 1. The van der Waals surface area contributed by atoms with E-state index < -0.39 is 0 Å². The highest BCUT2D eigenvalue weighted by Crippen LogP contribution is 2.20. The predicted molar refractivity (Wildman–Crippen MR) is 95.1 cm³/mol. The molecule has 3 rings (SSSR count). The molecular weight excluding hydrogens is 304 g/mol. The molecule has 2 aromatic rings. The average molecular weight is 328 g/mol. The second-order valence-corrected chi connectivity index (χ2v) is 5.86. The molecule has 128 valence electrons. The first-order valence-electron chi connectivity index (χ1n) is 8.47. The van der Waals surface area contributed by atoms with E-state index in [1.54, 1.807) is 6.20 Å². The number of fused-ring (bicyclic) bond motifs is 1. The number of para-hydroxylation sites is 1. The van der Waals surface area contributed by atoms with E-state index in [1.807, 2.05) is 30.3 Å². The van der Waals surface area contributed by atoms with Crippen molar-refractivity contribution in [3.8, 4) is 0 Å². The van der Waals surface area contributed by atoms with Crippen LogP contribution in [0.4, 0.5) is 5.69 Å². The number of hydrogen-bond acceptors (Lipinski definition) is 5. The summed E-state index contributed by atoms with van der Waals surface area (Å²) in [6, 6.07) is 9.98. The number of benzene rings is 1. The number of amides is 1. The number of nitrogens with zero attached hydrogens (tertiary/aromatic N) is 2. The minimum atomic E-state index is 0.0731. The van der Waals surface area contributed by atoms with E-state index in [1.165, 1.54) is 0 Å². The quantitative estimate of drug-likeness (QED) is 0.806. The lowest BCUT2D eigenvalue weighted by Crippen LogP contribution is -2.41. The highest BCUT2D eigenvalue weighted by Gasteiger charge is 2.10. The molecular formula is C18H24N4O2. The first-order chi connectivity index (χ1) is 11.8. The molecule has 0 radical (unpaired) electrons. The highest BCUT2D eigenvalue weighted by atomic mass is 16.5. The van der Waals surface area contributed by atoms with Gasteiger partial charge in [0.25, 0.3) is 0 Å². The molecule has 1 fully saturated rings. The highest BCUT2D eigenvalue weighted by molar-refractivity contribution is 5.90. The van der Waals surface area contributed by atoms with Crippen molar-refractivity contribution in [1.29, 1.82) is 0 Å². The van der Waals surface area contributed by atoms with Crippen LogP contribution in [0.1, 0.15) is 6.42 Å². The summed E-state index contributed by atoms with van der Waals surface area (Å²) in [7, 11) is 0. The fraction of sp³-hybridized carbons (Fsp3) is 0.444. The zero-order valence-electron chi connectivity index (χ0n) is 13.8. The summed E-state index contributed by atoms with van der Waals surface area (Å²) in [6.07, 6.45) is 2.23. The summed E-state index contributed by atoms with van der Waals surface area (Å²) < 4.78 is 5.31. The maximum absolute atomic E-state index is 11.9. The van der Waals surface area contributed by atoms with Crippen LogP contribution in [0.15, 0.2) is 36.5 Å². The molecule has 1 aromatic carbocycles. The van der Waals surface area contributed by atoms with E-state index in [2.05, 4.69) is 20.5 Å². The van der Waals surface area contributed by atoms with Gasteiger partial charge in [-0.05, 0) is 12.1 Å². The predicted octanol–water partition coefficient (Wildman–Crippen LogP) is 1.49. The van der Waals surface area contributed by atoms with Gasteiger partial charge in [0.2, 0.25) is 5.91 Å². The Bertz CT molecular complexity index is 666. The van der Waals surface area contributed by atoms with Crippen molar-refractivity contribution in [3.63, 3.8) is 0 Å². The van der Waals surface area contributed by atoms with Gasteiger partial charge in [0, 0.05) is 50.7 Å². The maximum atomic E-state index is 11.9. The second-order valence-electron chi connectivity index (χ2n) is 5.86. The molecule has 6 heteroatoms. The third-order valence-corrected chi connectivity index (χ3v) is 4.15. The van der Waals surface area contributed by atoms with E-state index in [9.17, 15) is 4.79 Å². The van der Waals surface area contributed by atoms with Crippen molar-refractivity contribution in [3.05, 3.63) is 36.5 Å². The Kier molecular flexibility index (Phi) is 5.98. The largest absolute Gasteiger partial charge is 0.383 e. The molecule has 0 spiro atoms. The molecule has 2 heterocycles. The van der Waals surface area contributed by atoms with Gasteiger partial charge in [-0.2, -0.15) is 0 Å². The van der Waals surface area contributed by atoms with Crippen LogP contribution in [0, 0.1) is 0 Å². The Morgan fingerprint density at radius 3 is 2.88 bits per heavy atom. The minimum Gasteiger partial charge on any atom is -0.383 e. The van der Waals surface area contributed by atoms with Crippen LogP contribution in [0.3, 0.4) is 0 Å². The number of ether oxygens (including phenoxy) is 1. The summed E-state index contributed by atoms with van der Waals surface area (Å²) >= 11 is 0. The number of rotatable bonds is 7. The van der Waals surface area contributed by atoms with Crippen LogP contribution in [0.25, 0.3) is 10.9 Å². The summed E-state index contributed by atoms with van der Waals surface area (Å²) in [4.78, 5) is 18.6. The van der Waals surface area contributed by atoms with Gasteiger partial charge < -0.3 is 15.4 Å². The molecule has 1 aliphatic rings. The Morgan fingerprint density at radius 2 is 2.00 bits per heavy atom. The second kappa shape index (κ2) is 8.61. The number of nitrogens with one attached hydrogen (secondary N) is 2. The standard InChI is InChI=1S/C18H24N4O2/c23-17(20-9-10-22-11-13-24-14-12-22)6-8-19-16-5-1-3-15-4-2-7-21-18(15)16/h1-5,7,19H,6,8-14H2,(H,20,23). The average Bonchev–Trinajstić information content (AvgIpc) is 2.63. The molecule has 0 bridgehead atoms. The molecule has 0 aliphatic carbocycles.